The number of benzene rings is 2. The number of amides is 2. The van der Waals surface area contributed by atoms with Crippen LogP contribution in [0, 0.1) is 19.8 Å². The van der Waals surface area contributed by atoms with Gasteiger partial charge in [-0.3, -0.25) is 19.4 Å². The summed E-state index contributed by atoms with van der Waals surface area (Å²) in [4.78, 5) is 40.1. The predicted molar refractivity (Wildman–Crippen MR) is 113 cm³/mol. The van der Waals surface area contributed by atoms with Gasteiger partial charge < -0.3 is 0 Å². The Hall–Kier alpha value is -2.70. The highest BCUT2D eigenvalue weighted by Gasteiger charge is 2.58. The molecular formula is C21H17Cl2N3O3. The molecule has 2 aliphatic rings. The van der Waals surface area contributed by atoms with Crippen LogP contribution in [0.15, 0.2) is 41.5 Å². The number of Topliss-reactive ketones (excluding diaryl/α,β-unsaturated/α-hetero) is 1. The summed E-state index contributed by atoms with van der Waals surface area (Å²) in [6.07, 6.45) is 0. The Morgan fingerprint density at radius 2 is 1.48 bits per heavy atom. The molecule has 2 heterocycles. The predicted octanol–water partition coefficient (Wildman–Crippen LogP) is 3.93. The molecule has 4 rings (SSSR count). The van der Waals surface area contributed by atoms with Gasteiger partial charge in [0.15, 0.2) is 5.78 Å². The second-order valence-electron chi connectivity index (χ2n) is 7.09. The highest BCUT2D eigenvalue weighted by Crippen LogP contribution is 2.41. The molecule has 2 aromatic rings. The van der Waals surface area contributed by atoms with E-state index in [-0.39, 0.29) is 11.5 Å². The van der Waals surface area contributed by atoms with E-state index in [1.807, 2.05) is 0 Å². The van der Waals surface area contributed by atoms with Crippen LogP contribution in [0.25, 0.3) is 0 Å². The normalized spacial score (nSPS) is 20.9. The van der Waals surface area contributed by atoms with E-state index in [1.54, 1.807) is 50.2 Å². The number of hydrogen-bond donors (Lipinski definition) is 0. The molecule has 8 heteroatoms. The monoisotopic (exact) mass is 429 g/mol. The van der Waals surface area contributed by atoms with Crippen LogP contribution in [-0.4, -0.2) is 29.4 Å². The average molecular weight is 430 g/mol. The lowest BCUT2D eigenvalue weighted by atomic mass is 9.95. The standard InChI is InChI=1S/C21H17Cl2N3O3/c1-10-13(22)6-4-8-15(10)25-20(28)17-18(12(3)27)24-26(19(17)21(25)29)16-9-5-7-14(23)11(16)2/h4-9,17,19H,1-3H3/t17-,19-/m1/s1. The third-order valence-corrected chi connectivity index (χ3v) is 6.19. The number of halogens is 2. The largest absolute Gasteiger partial charge is 0.293 e. The maximum Gasteiger partial charge on any atom is 0.259 e. The van der Waals surface area contributed by atoms with Crippen LogP contribution in [-0.2, 0) is 14.4 Å². The van der Waals surface area contributed by atoms with Crippen molar-refractivity contribution < 1.29 is 14.4 Å². The molecule has 2 atom stereocenters. The third kappa shape index (κ3) is 2.86. The zero-order chi connectivity index (χ0) is 21.0. The van der Waals surface area contributed by atoms with Crippen molar-refractivity contribution in [2.75, 3.05) is 9.91 Å². The fourth-order valence-electron chi connectivity index (χ4n) is 3.82. The molecule has 0 spiro atoms. The molecule has 1 fully saturated rings. The Morgan fingerprint density at radius 1 is 0.931 bits per heavy atom. The minimum atomic E-state index is -0.975. The Balaban J connectivity index is 1.87. The molecule has 2 aromatic carbocycles. The van der Waals surface area contributed by atoms with Crippen LogP contribution in [0.4, 0.5) is 11.4 Å². The smallest absolute Gasteiger partial charge is 0.259 e. The molecule has 1 saturated heterocycles. The number of nitrogens with zero attached hydrogens (tertiary/aromatic N) is 3. The SMILES string of the molecule is CC(=O)C1=NN(c2cccc(Cl)c2C)[C@H]2C(=O)N(c3cccc(Cl)c3C)C(=O)[C@H]12. The van der Waals surface area contributed by atoms with E-state index in [4.69, 9.17) is 23.2 Å². The van der Waals surface area contributed by atoms with Crippen LogP contribution < -0.4 is 9.91 Å². The second-order valence-corrected chi connectivity index (χ2v) is 7.90. The summed E-state index contributed by atoms with van der Waals surface area (Å²) in [6, 6.07) is 9.31. The molecule has 0 saturated carbocycles. The van der Waals surface area contributed by atoms with E-state index >= 15 is 0 Å². The van der Waals surface area contributed by atoms with E-state index in [9.17, 15) is 14.4 Å². The molecule has 2 amide bonds. The zero-order valence-electron chi connectivity index (χ0n) is 15.9. The molecule has 2 aliphatic heterocycles. The molecule has 0 N–H and O–H groups in total. The molecule has 0 unspecified atom stereocenters. The first kappa shape index (κ1) is 19.6. The molecular weight excluding hydrogens is 413 g/mol. The fraction of sp³-hybridized carbons (Fsp3) is 0.238. The third-order valence-electron chi connectivity index (χ3n) is 5.38. The number of ketones is 1. The van der Waals surface area contributed by atoms with Crippen molar-refractivity contribution in [1.82, 2.24) is 0 Å². The van der Waals surface area contributed by atoms with Crippen LogP contribution in [0.3, 0.4) is 0 Å². The van der Waals surface area contributed by atoms with Crippen molar-refractivity contribution in [2.24, 2.45) is 11.0 Å². The van der Waals surface area contributed by atoms with Crippen molar-refractivity contribution in [3.8, 4) is 0 Å². The Labute approximate surface area is 177 Å². The van der Waals surface area contributed by atoms with E-state index in [1.165, 1.54) is 11.9 Å². The van der Waals surface area contributed by atoms with Gasteiger partial charge in [0.1, 0.15) is 17.7 Å². The van der Waals surface area contributed by atoms with Crippen LogP contribution in [0.2, 0.25) is 10.0 Å². The summed E-state index contributed by atoms with van der Waals surface area (Å²) in [5, 5.41) is 6.76. The highest BCUT2D eigenvalue weighted by atomic mass is 35.5. The number of carbonyl (C=O) groups excluding carboxylic acids is 3. The molecule has 0 aliphatic carbocycles. The average Bonchev–Trinajstić information content (AvgIpc) is 3.18. The lowest BCUT2D eigenvalue weighted by Crippen LogP contribution is -2.39. The number of fused-ring (bicyclic) bond motifs is 1. The number of carbonyl (C=O) groups is 3. The highest BCUT2D eigenvalue weighted by molar-refractivity contribution is 6.49. The van der Waals surface area contributed by atoms with E-state index < -0.39 is 23.8 Å². The van der Waals surface area contributed by atoms with Crippen molar-refractivity contribution in [3.05, 3.63) is 57.6 Å². The minimum absolute atomic E-state index is 0.0647. The molecule has 0 aromatic heterocycles. The van der Waals surface area contributed by atoms with Crippen molar-refractivity contribution in [2.45, 2.75) is 26.8 Å². The van der Waals surface area contributed by atoms with Gasteiger partial charge in [-0.25, -0.2) is 4.90 Å². The van der Waals surface area contributed by atoms with Crippen molar-refractivity contribution in [1.29, 1.82) is 0 Å². The molecule has 0 radical (unpaired) electrons. The summed E-state index contributed by atoms with van der Waals surface area (Å²) in [7, 11) is 0. The Kier molecular flexibility index (Phi) is 4.71. The first-order chi connectivity index (χ1) is 13.7. The number of anilines is 2. The van der Waals surface area contributed by atoms with Crippen molar-refractivity contribution >= 4 is 57.9 Å². The summed E-state index contributed by atoms with van der Waals surface area (Å²) >= 11 is 12.4. The van der Waals surface area contributed by atoms with Gasteiger partial charge in [0.05, 0.1) is 11.4 Å². The van der Waals surface area contributed by atoms with E-state index in [0.717, 1.165) is 4.90 Å². The first-order valence-corrected chi connectivity index (χ1v) is 9.76. The summed E-state index contributed by atoms with van der Waals surface area (Å²) < 4.78 is 0. The van der Waals surface area contributed by atoms with Gasteiger partial charge in [-0.2, -0.15) is 5.10 Å². The summed E-state index contributed by atoms with van der Waals surface area (Å²) in [5.74, 6) is -2.27. The van der Waals surface area contributed by atoms with Gasteiger partial charge in [-0.05, 0) is 49.2 Å². The van der Waals surface area contributed by atoms with Gasteiger partial charge in [0, 0.05) is 17.0 Å². The lowest BCUT2D eigenvalue weighted by Gasteiger charge is -2.24. The maximum absolute atomic E-state index is 13.4. The van der Waals surface area contributed by atoms with Gasteiger partial charge >= 0.3 is 0 Å². The quantitative estimate of drug-likeness (QED) is 0.692. The molecule has 148 valence electrons. The van der Waals surface area contributed by atoms with Gasteiger partial charge in [-0.15, -0.1) is 0 Å². The Bertz CT molecular complexity index is 1110. The Morgan fingerprint density at radius 3 is 2.07 bits per heavy atom. The molecule has 0 bridgehead atoms. The zero-order valence-corrected chi connectivity index (χ0v) is 17.5. The number of imide groups is 1. The van der Waals surface area contributed by atoms with Gasteiger partial charge in [0.25, 0.3) is 5.91 Å². The lowest BCUT2D eigenvalue weighted by molar-refractivity contribution is -0.122. The minimum Gasteiger partial charge on any atom is -0.293 e. The topological polar surface area (TPSA) is 70.1 Å². The number of rotatable bonds is 3. The fourth-order valence-corrected chi connectivity index (χ4v) is 4.16. The van der Waals surface area contributed by atoms with Gasteiger partial charge in [0.2, 0.25) is 5.91 Å². The maximum atomic E-state index is 13.4. The van der Waals surface area contributed by atoms with E-state index in [2.05, 4.69) is 5.10 Å². The van der Waals surface area contributed by atoms with E-state index in [0.29, 0.717) is 32.5 Å². The summed E-state index contributed by atoms with van der Waals surface area (Å²) in [5.41, 5.74) is 2.37. The van der Waals surface area contributed by atoms with Crippen molar-refractivity contribution in [3.63, 3.8) is 0 Å². The van der Waals surface area contributed by atoms with Crippen LogP contribution in [0.1, 0.15) is 18.1 Å². The van der Waals surface area contributed by atoms with Crippen LogP contribution in [0.5, 0.6) is 0 Å². The molecule has 29 heavy (non-hydrogen) atoms. The van der Waals surface area contributed by atoms with Crippen LogP contribution >= 0.6 is 23.2 Å². The summed E-state index contributed by atoms with van der Waals surface area (Å²) in [6.45, 7) is 4.88. The van der Waals surface area contributed by atoms with Gasteiger partial charge in [-0.1, -0.05) is 35.3 Å². The molecule has 6 nitrogen and oxygen atoms in total. The second kappa shape index (κ2) is 6.97. The number of hydrogen-bond acceptors (Lipinski definition) is 5. The first-order valence-electron chi connectivity index (χ1n) is 9.00. The number of hydrazone groups is 1.